The van der Waals surface area contributed by atoms with E-state index in [9.17, 15) is 4.79 Å². The van der Waals surface area contributed by atoms with Crippen LogP contribution in [0.4, 0.5) is 16.4 Å². The first-order chi connectivity index (χ1) is 11.6. The van der Waals surface area contributed by atoms with Crippen LogP contribution in [0.3, 0.4) is 0 Å². The molecule has 3 heterocycles. The molecule has 2 amide bonds. The van der Waals surface area contributed by atoms with Gasteiger partial charge in [-0.25, -0.2) is 9.78 Å². The van der Waals surface area contributed by atoms with Crippen LogP contribution in [-0.4, -0.2) is 47.1 Å². The first-order valence-corrected chi connectivity index (χ1v) is 8.85. The van der Waals surface area contributed by atoms with Gasteiger partial charge in [0.1, 0.15) is 18.2 Å². The number of amides is 2. The Morgan fingerprint density at radius 1 is 1.42 bits per heavy atom. The number of carbonyl (C=O) groups is 1. The first-order valence-electron chi connectivity index (χ1n) is 7.59. The normalized spacial score (nSPS) is 17.7. The molecule has 2 N–H and O–H groups in total. The highest BCUT2D eigenvalue weighted by atomic mass is 35.5. The van der Waals surface area contributed by atoms with Crippen LogP contribution in [0, 0.1) is 0 Å². The third-order valence-corrected chi connectivity index (χ3v) is 4.76. The van der Waals surface area contributed by atoms with Gasteiger partial charge < -0.3 is 9.64 Å². The molecule has 1 fully saturated rings. The molecule has 0 radical (unpaired) electrons. The number of aromatic nitrogens is 2. The summed E-state index contributed by atoms with van der Waals surface area (Å²) in [6, 6.07) is 5.24. The second kappa shape index (κ2) is 7.78. The van der Waals surface area contributed by atoms with Crippen molar-refractivity contribution in [3.8, 4) is 5.88 Å². The van der Waals surface area contributed by atoms with Crippen molar-refractivity contribution in [3.05, 3.63) is 28.0 Å². The third-order valence-electron chi connectivity index (χ3n) is 3.78. The molecular weight excluding hydrogens is 350 g/mol. The van der Waals surface area contributed by atoms with Crippen LogP contribution in [0.5, 0.6) is 5.88 Å². The maximum absolute atomic E-state index is 11.9. The van der Waals surface area contributed by atoms with E-state index < -0.39 is 6.03 Å². The zero-order valence-electron chi connectivity index (χ0n) is 13.2. The van der Waals surface area contributed by atoms with Gasteiger partial charge in [-0.3, -0.25) is 10.6 Å². The number of likely N-dealkylation sites (tertiary alicyclic amines) is 1. The van der Waals surface area contributed by atoms with Crippen LogP contribution >= 0.6 is 22.9 Å². The lowest BCUT2D eigenvalue weighted by Gasteiger charge is -2.19. The monoisotopic (exact) mass is 367 g/mol. The van der Waals surface area contributed by atoms with Crippen molar-refractivity contribution in [1.29, 1.82) is 0 Å². The van der Waals surface area contributed by atoms with Gasteiger partial charge in [0.2, 0.25) is 5.88 Å². The molecule has 1 atom stereocenters. The maximum atomic E-state index is 11.9. The Labute approximate surface area is 149 Å². The van der Waals surface area contributed by atoms with Gasteiger partial charge in [0, 0.05) is 17.5 Å². The lowest BCUT2D eigenvalue weighted by Crippen LogP contribution is -2.30. The number of carbonyl (C=O) groups excluding carboxylic acids is 1. The molecule has 1 aliphatic rings. The van der Waals surface area contributed by atoms with Crippen LogP contribution in [0.15, 0.2) is 23.6 Å². The second-order valence-electron chi connectivity index (χ2n) is 5.51. The third kappa shape index (κ3) is 4.56. The molecule has 2 aromatic heterocycles. The zero-order valence-corrected chi connectivity index (χ0v) is 14.7. The van der Waals surface area contributed by atoms with Crippen LogP contribution in [-0.2, 0) is 0 Å². The Kier molecular flexibility index (Phi) is 5.49. The number of hydrogen-bond donors (Lipinski definition) is 2. The number of anilines is 2. The van der Waals surface area contributed by atoms with E-state index in [0.717, 1.165) is 13.0 Å². The average Bonchev–Trinajstić information content (AvgIpc) is 3.14. The molecule has 24 heavy (non-hydrogen) atoms. The number of ether oxygens (including phenoxy) is 1. The number of halogens is 1. The maximum Gasteiger partial charge on any atom is 0.326 e. The Balaban J connectivity index is 1.53. The fourth-order valence-corrected chi connectivity index (χ4v) is 3.21. The molecule has 3 rings (SSSR count). The van der Waals surface area contributed by atoms with Gasteiger partial charge in [-0.15, -0.1) is 11.3 Å². The summed E-state index contributed by atoms with van der Waals surface area (Å²) in [7, 11) is 2.10. The van der Waals surface area contributed by atoms with Crippen LogP contribution in [0.25, 0.3) is 0 Å². The van der Waals surface area contributed by atoms with Crippen molar-refractivity contribution in [2.45, 2.75) is 18.9 Å². The largest absolute Gasteiger partial charge is 0.476 e. The standard InChI is InChI=1S/C15H18ClN5O2S/c1-21-7-3-4-10(21)8-23-13-6-2-5-11(17-13)19-15(22)20-12-9-24-14(16)18-12/h2,5-6,9-10H,3-4,7-8H2,1H3,(H2,17,19,20,22)/t10-/m0/s1. The van der Waals surface area contributed by atoms with Gasteiger partial charge in [-0.1, -0.05) is 17.7 Å². The van der Waals surface area contributed by atoms with E-state index in [0.29, 0.717) is 34.6 Å². The van der Waals surface area contributed by atoms with Crippen molar-refractivity contribution in [2.24, 2.45) is 0 Å². The highest BCUT2D eigenvalue weighted by molar-refractivity contribution is 7.14. The summed E-state index contributed by atoms with van der Waals surface area (Å²) in [5.41, 5.74) is 0. The fraction of sp³-hybridized carbons (Fsp3) is 0.400. The van der Waals surface area contributed by atoms with E-state index in [2.05, 4.69) is 32.5 Å². The molecule has 0 unspecified atom stereocenters. The van der Waals surface area contributed by atoms with Crippen molar-refractivity contribution in [3.63, 3.8) is 0 Å². The SMILES string of the molecule is CN1CCC[C@H]1COc1cccc(NC(=O)Nc2csc(Cl)n2)n1. The van der Waals surface area contributed by atoms with Crippen molar-refractivity contribution in [2.75, 3.05) is 30.8 Å². The van der Waals surface area contributed by atoms with Gasteiger partial charge >= 0.3 is 6.03 Å². The number of rotatable bonds is 5. The van der Waals surface area contributed by atoms with Gasteiger partial charge in [-0.2, -0.15) is 4.98 Å². The summed E-state index contributed by atoms with van der Waals surface area (Å²) >= 11 is 6.97. The first kappa shape index (κ1) is 16.9. The molecule has 128 valence electrons. The van der Waals surface area contributed by atoms with Gasteiger partial charge in [0.05, 0.1) is 0 Å². The lowest BCUT2D eigenvalue weighted by atomic mass is 10.2. The van der Waals surface area contributed by atoms with Crippen LogP contribution < -0.4 is 15.4 Å². The van der Waals surface area contributed by atoms with Gasteiger partial charge in [-0.05, 0) is 32.5 Å². The molecule has 0 aromatic carbocycles. The Morgan fingerprint density at radius 3 is 2.96 bits per heavy atom. The molecule has 0 aliphatic carbocycles. The van der Waals surface area contributed by atoms with Crippen LogP contribution in [0.1, 0.15) is 12.8 Å². The minimum Gasteiger partial charge on any atom is -0.476 e. The molecule has 0 spiro atoms. The summed E-state index contributed by atoms with van der Waals surface area (Å²) < 4.78 is 6.12. The molecular formula is C15H18ClN5O2S. The van der Waals surface area contributed by atoms with Crippen molar-refractivity contribution >= 4 is 40.6 Å². The minimum absolute atomic E-state index is 0.371. The molecule has 7 nitrogen and oxygen atoms in total. The topological polar surface area (TPSA) is 79.4 Å². The Morgan fingerprint density at radius 2 is 2.25 bits per heavy atom. The van der Waals surface area contributed by atoms with E-state index in [1.165, 1.54) is 17.8 Å². The molecule has 2 aromatic rings. The average molecular weight is 368 g/mol. The van der Waals surface area contributed by atoms with E-state index in [4.69, 9.17) is 16.3 Å². The van der Waals surface area contributed by atoms with E-state index in [-0.39, 0.29) is 0 Å². The molecule has 0 bridgehead atoms. The second-order valence-corrected chi connectivity index (χ2v) is 6.95. The van der Waals surface area contributed by atoms with Crippen molar-refractivity contribution in [1.82, 2.24) is 14.9 Å². The fourth-order valence-electron chi connectivity index (χ4n) is 2.51. The summed E-state index contributed by atoms with van der Waals surface area (Å²) in [4.78, 5) is 22.5. The summed E-state index contributed by atoms with van der Waals surface area (Å²) in [5, 5.41) is 6.90. The number of pyridine rings is 1. The predicted molar refractivity (Wildman–Crippen MR) is 95.1 cm³/mol. The molecule has 1 saturated heterocycles. The van der Waals surface area contributed by atoms with E-state index in [1.807, 2.05) is 0 Å². The summed E-state index contributed by atoms with van der Waals surface area (Å²) in [6.07, 6.45) is 2.33. The Hall–Kier alpha value is -1.90. The predicted octanol–water partition coefficient (Wildman–Crippen LogP) is 3.31. The summed E-state index contributed by atoms with van der Waals surface area (Å²) in [5.74, 6) is 1.30. The number of urea groups is 1. The number of nitrogens with zero attached hydrogens (tertiary/aromatic N) is 3. The highest BCUT2D eigenvalue weighted by Gasteiger charge is 2.21. The highest BCUT2D eigenvalue weighted by Crippen LogP contribution is 2.19. The number of hydrogen-bond acceptors (Lipinski definition) is 6. The molecule has 9 heteroatoms. The molecule has 1 aliphatic heterocycles. The van der Waals surface area contributed by atoms with Gasteiger partial charge in [0.25, 0.3) is 0 Å². The molecule has 0 saturated carbocycles. The zero-order chi connectivity index (χ0) is 16.9. The Bertz CT molecular complexity index is 711. The smallest absolute Gasteiger partial charge is 0.326 e. The summed E-state index contributed by atoms with van der Waals surface area (Å²) in [6.45, 7) is 1.69. The lowest BCUT2D eigenvalue weighted by molar-refractivity contribution is 0.193. The number of thiazole rings is 1. The van der Waals surface area contributed by atoms with E-state index in [1.54, 1.807) is 23.6 Å². The van der Waals surface area contributed by atoms with E-state index >= 15 is 0 Å². The van der Waals surface area contributed by atoms with Gasteiger partial charge in [0.15, 0.2) is 4.47 Å². The number of likely N-dealkylation sites (N-methyl/N-ethyl adjacent to an activating group) is 1. The quantitative estimate of drug-likeness (QED) is 0.847. The van der Waals surface area contributed by atoms with Crippen LogP contribution in [0.2, 0.25) is 4.47 Å². The number of nitrogens with one attached hydrogen (secondary N) is 2. The van der Waals surface area contributed by atoms with Crippen molar-refractivity contribution < 1.29 is 9.53 Å². The minimum atomic E-state index is -0.433.